The number of nitrogen functional groups attached to an aromatic ring is 1. The highest BCUT2D eigenvalue weighted by atomic mass is 127. The third-order valence-corrected chi connectivity index (χ3v) is 1.44. The molecule has 0 amide bonds. The molecule has 0 saturated carbocycles. The number of hydrogen-bond donors (Lipinski definition) is 1. The van der Waals surface area contributed by atoms with Gasteiger partial charge in [-0.25, -0.2) is 9.37 Å². The molecule has 1 aromatic rings. The van der Waals surface area contributed by atoms with E-state index in [2.05, 4.69) is 4.98 Å². The van der Waals surface area contributed by atoms with E-state index in [9.17, 15) is 4.39 Å². The number of anilines is 1. The Morgan fingerprint density at radius 2 is 2.33 bits per heavy atom. The fourth-order valence-electron chi connectivity index (χ4n) is 0.427. The van der Waals surface area contributed by atoms with Crippen LogP contribution in [0.4, 0.5) is 10.1 Å². The summed E-state index contributed by atoms with van der Waals surface area (Å²) in [6.07, 6.45) is 1.11. The Labute approximate surface area is 65.4 Å². The summed E-state index contributed by atoms with van der Waals surface area (Å²) in [6, 6.07) is 1.48. The molecule has 0 aliphatic heterocycles. The van der Waals surface area contributed by atoms with E-state index in [0.717, 1.165) is 6.20 Å². The van der Waals surface area contributed by atoms with Crippen LogP contribution in [0.1, 0.15) is 0 Å². The quantitative estimate of drug-likeness (QED) is 0.548. The van der Waals surface area contributed by atoms with Gasteiger partial charge in [-0.05, 0) is 28.7 Å². The molecule has 0 bridgehead atoms. The zero-order chi connectivity index (χ0) is 6.85. The number of halogens is 2. The van der Waals surface area contributed by atoms with Crippen molar-refractivity contribution in [2.45, 2.75) is 0 Å². The van der Waals surface area contributed by atoms with Crippen LogP contribution in [-0.4, -0.2) is 4.98 Å². The van der Waals surface area contributed by atoms with Crippen molar-refractivity contribution in [2.75, 3.05) is 5.73 Å². The van der Waals surface area contributed by atoms with Gasteiger partial charge in [0.05, 0.1) is 11.9 Å². The van der Waals surface area contributed by atoms with E-state index in [4.69, 9.17) is 5.73 Å². The second kappa shape index (κ2) is 2.47. The highest BCUT2D eigenvalue weighted by molar-refractivity contribution is 14.1. The number of aromatic nitrogens is 1. The van der Waals surface area contributed by atoms with Crippen molar-refractivity contribution in [1.29, 1.82) is 0 Å². The molecule has 0 radical (unpaired) electrons. The van der Waals surface area contributed by atoms with Crippen molar-refractivity contribution in [2.24, 2.45) is 0 Å². The van der Waals surface area contributed by atoms with Crippen molar-refractivity contribution in [3.05, 3.63) is 21.8 Å². The van der Waals surface area contributed by atoms with Gasteiger partial charge in [-0.3, -0.25) is 0 Å². The normalized spacial score (nSPS) is 9.56. The van der Waals surface area contributed by atoms with Crippen LogP contribution in [0.3, 0.4) is 0 Å². The Bertz CT molecular complexity index is 226. The molecule has 4 heteroatoms. The van der Waals surface area contributed by atoms with Crippen molar-refractivity contribution in [3.63, 3.8) is 0 Å². The van der Waals surface area contributed by atoms with Crippen molar-refractivity contribution in [3.8, 4) is 0 Å². The molecule has 2 N–H and O–H groups in total. The smallest absolute Gasteiger partial charge is 0.164 e. The molecule has 2 nitrogen and oxygen atoms in total. The van der Waals surface area contributed by atoms with Gasteiger partial charge in [0.2, 0.25) is 0 Å². The van der Waals surface area contributed by atoms with Gasteiger partial charge in [-0.2, -0.15) is 0 Å². The topological polar surface area (TPSA) is 38.9 Å². The Morgan fingerprint density at radius 3 is 2.78 bits per heavy atom. The van der Waals surface area contributed by atoms with Crippen LogP contribution in [0.5, 0.6) is 0 Å². The first kappa shape index (κ1) is 6.73. The Kier molecular flexibility index (Phi) is 1.84. The van der Waals surface area contributed by atoms with Crippen LogP contribution in [-0.2, 0) is 0 Å². The maximum Gasteiger partial charge on any atom is 0.164 e. The second-order valence-corrected chi connectivity index (χ2v) is 2.63. The van der Waals surface area contributed by atoms with Gasteiger partial charge in [0.25, 0.3) is 0 Å². The minimum absolute atomic E-state index is 0.148. The minimum atomic E-state index is -0.463. The number of rotatable bonds is 0. The zero-order valence-electron chi connectivity index (χ0n) is 4.44. The average molecular weight is 238 g/mol. The number of pyridine rings is 1. The average Bonchev–Trinajstić information content (AvgIpc) is 1.80. The van der Waals surface area contributed by atoms with Gasteiger partial charge >= 0.3 is 0 Å². The molecule has 1 rings (SSSR count). The largest absolute Gasteiger partial charge is 0.396 e. The maximum absolute atomic E-state index is 12.3. The SMILES string of the molecule is Nc1cc(I)ncc1F. The zero-order valence-corrected chi connectivity index (χ0v) is 6.59. The molecular weight excluding hydrogens is 234 g/mol. The highest BCUT2D eigenvalue weighted by Gasteiger charge is 1.96. The molecule has 0 aliphatic carbocycles. The Hall–Kier alpha value is -0.390. The van der Waals surface area contributed by atoms with Gasteiger partial charge < -0.3 is 5.73 Å². The summed E-state index contributed by atoms with van der Waals surface area (Å²) in [5.41, 5.74) is 5.35. The maximum atomic E-state index is 12.3. The predicted molar refractivity (Wildman–Crippen MR) is 41.3 cm³/mol. The van der Waals surface area contributed by atoms with Crippen LogP contribution in [0.15, 0.2) is 12.3 Å². The first-order chi connectivity index (χ1) is 4.20. The van der Waals surface area contributed by atoms with Crippen LogP contribution in [0, 0.1) is 9.52 Å². The van der Waals surface area contributed by atoms with E-state index >= 15 is 0 Å². The lowest BCUT2D eigenvalue weighted by Crippen LogP contribution is -1.92. The van der Waals surface area contributed by atoms with E-state index in [1.54, 1.807) is 0 Å². The number of nitrogens with zero attached hydrogens (tertiary/aromatic N) is 1. The first-order valence-electron chi connectivity index (χ1n) is 2.26. The second-order valence-electron chi connectivity index (χ2n) is 1.53. The minimum Gasteiger partial charge on any atom is -0.396 e. The van der Waals surface area contributed by atoms with Crippen molar-refractivity contribution < 1.29 is 4.39 Å². The summed E-state index contributed by atoms with van der Waals surface area (Å²) < 4.78 is 13.0. The summed E-state index contributed by atoms with van der Waals surface area (Å²) >= 11 is 1.96. The third-order valence-electron chi connectivity index (χ3n) is 0.852. The summed E-state index contributed by atoms with van der Waals surface area (Å²) in [7, 11) is 0. The number of nitrogens with two attached hydrogens (primary N) is 1. The van der Waals surface area contributed by atoms with Crippen molar-refractivity contribution >= 4 is 28.3 Å². The van der Waals surface area contributed by atoms with Gasteiger partial charge in [0.15, 0.2) is 5.82 Å². The van der Waals surface area contributed by atoms with Gasteiger partial charge in [0.1, 0.15) is 3.70 Å². The molecule has 9 heavy (non-hydrogen) atoms. The van der Waals surface area contributed by atoms with Gasteiger partial charge in [-0.15, -0.1) is 0 Å². The molecule has 0 spiro atoms. The summed E-state index contributed by atoms with van der Waals surface area (Å²) in [5.74, 6) is -0.463. The van der Waals surface area contributed by atoms with Crippen molar-refractivity contribution in [1.82, 2.24) is 4.98 Å². The summed E-state index contributed by atoms with van der Waals surface area (Å²) in [6.45, 7) is 0. The molecule has 0 unspecified atom stereocenters. The van der Waals surface area contributed by atoms with E-state index < -0.39 is 5.82 Å². The van der Waals surface area contributed by atoms with E-state index in [0.29, 0.717) is 3.70 Å². The highest BCUT2D eigenvalue weighted by Crippen LogP contribution is 2.09. The lowest BCUT2D eigenvalue weighted by atomic mass is 10.4. The monoisotopic (exact) mass is 238 g/mol. The lowest BCUT2D eigenvalue weighted by molar-refractivity contribution is 0.625. The third kappa shape index (κ3) is 1.51. The fourth-order valence-corrected chi connectivity index (χ4v) is 0.902. The van der Waals surface area contributed by atoms with E-state index in [1.807, 2.05) is 22.6 Å². The van der Waals surface area contributed by atoms with E-state index in [1.165, 1.54) is 6.07 Å². The molecule has 0 fully saturated rings. The lowest BCUT2D eigenvalue weighted by Gasteiger charge is -1.93. The van der Waals surface area contributed by atoms with Crippen LogP contribution >= 0.6 is 22.6 Å². The molecule has 48 valence electrons. The first-order valence-corrected chi connectivity index (χ1v) is 3.34. The van der Waals surface area contributed by atoms with E-state index in [-0.39, 0.29) is 5.69 Å². The summed E-state index contributed by atoms with van der Waals surface area (Å²) in [4.78, 5) is 3.67. The van der Waals surface area contributed by atoms with Crippen LogP contribution < -0.4 is 5.73 Å². The predicted octanol–water partition coefficient (Wildman–Crippen LogP) is 1.41. The van der Waals surface area contributed by atoms with Crippen LogP contribution in [0.25, 0.3) is 0 Å². The molecule has 1 aromatic heterocycles. The molecule has 0 aliphatic rings. The number of hydrogen-bond acceptors (Lipinski definition) is 2. The Balaban J connectivity index is 3.17. The summed E-state index contributed by atoms with van der Waals surface area (Å²) in [5, 5.41) is 0. The van der Waals surface area contributed by atoms with Gasteiger partial charge in [0, 0.05) is 0 Å². The fraction of sp³-hybridized carbons (Fsp3) is 0. The molecule has 0 saturated heterocycles. The molecular formula is C5H4FIN2. The van der Waals surface area contributed by atoms with Crippen LogP contribution in [0.2, 0.25) is 0 Å². The van der Waals surface area contributed by atoms with Gasteiger partial charge in [-0.1, -0.05) is 0 Å². The molecule has 1 heterocycles. The molecule has 0 atom stereocenters. The Morgan fingerprint density at radius 1 is 1.67 bits per heavy atom. The standard InChI is InChI=1S/C5H4FIN2/c6-3-2-9-5(7)1-4(3)8/h1-2H,(H2,8,9). The molecule has 0 aromatic carbocycles.